The minimum absolute atomic E-state index is 0.215. The van der Waals surface area contributed by atoms with Crippen molar-refractivity contribution >= 4 is 0 Å². The van der Waals surface area contributed by atoms with Crippen LogP contribution >= 0.6 is 0 Å². The summed E-state index contributed by atoms with van der Waals surface area (Å²) in [5, 5.41) is 19.7. The van der Waals surface area contributed by atoms with Gasteiger partial charge in [0.2, 0.25) is 0 Å². The Morgan fingerprint density at radius 2 is 1.65 bits per heavy atom. The number of nitrogens with zero attached hydrogens (tertiary/aromatic N) is 1. The van der Waals surface area contributed by atoms with Gasteiger partial charge in [0.05, 0.1) is 12.2 Å². The summed E-state index contributed by atoms with van der Waals surface area (Å²) in [5.41, 5.74) is -0.466. The van der Waals surface area contributed by atoms with E-state index in [9.17, 15) is 10.2 Å². The predicted molar refractivity (Wildman–Crippen MR) is 68.9 cm³/mol. The number of hydrogen-bond acceptors (Lipinski definition) is 3. The van der Waals surface area contributed by atoms with E-state index in [1.54, 1.807) is 0 Å². The molecular formula is C14H27NO2. The van der Waals surface area contributed by atoms with Gasteiger partial charge in [-0.05, 0) is 25.7 Å². The zero-order valence-corrected chi connectivity index (χ0v) is 10.9. The molecule has 0 amide bonds. The molecule has 2 N–H and O–H groups in total. The molecule has 3 heteroatoms. The van der Waals surface area contributed by atoms with Gasteiger partial charge in [0, 0.05) is 19.1 Å². The van der Waals surface area contributed by atoms with Gasteiger partial charge < -0.3 is 10.2 Å². The standard InChI is InChI=1S/C14H27NO2/c16-11-10-15(13-6-2-1-3-7-13)12-14(17)8-4-5-9-14/h13,16-17H,1-12H2. The number of aliphatic hydroxyl groups excluding tert-OH is 1. The lowest BCUT2D eigenvalue weighted by Crippen LogP contribution is -2.47. The summed E-state index contributed by atoms with van der Waals surface area (Å²) < 4.78 is 0. The highest BCUT2D eigenvalue weighted by atomic mass is 16.3. The van der Waals surface area contributed by atoms with E-state index in [-0.39, 0.29) is 6.61 Å². The van der Waals surface area contributed by atoms with Crippen LogP contribution in [0.1, 0.15) is 57.8 Å². The molecule has 0 bridgehead atoms. The molecule has 0 aromatic rings. The predicted octanol–water partition coefficient (Wildman–Crippen LogP) is 1.92. The first kappa shape index (κ1) is 13.3. The van der Waals surface area contributed by atoms with Crippen molar-refractivity contribution in [3.8, 4) is 0 Å². The van der Waals surface area contributed by atoms with Crippen molar-refractivity contribution in [2.75, 3.05) is 19.7 Å². The third-order valence-corrected chi connectivity index (χ3v) is 4.51. The van der Waals surface area contributed by atoms with Crippen LogP contribution in [0.25, 0.3) is 0 Å². The Kier molecular flexibility index (Phi) is 4.83. The van der Waals surface area contributed by atoms with E-state index in [1.807, 2.05) is 0 Å². The molecule has 2 rings (SSSR count). The lowest BCUT2D eigenvalue weighted by atomic mass is 9.92. The molecule has 0 unspecified atom stereocenters. The third kappa shape index (κ3) is 3.67. The number of aliphatic hydroxyl groups is 2. The highest BCUT2D eigenvalue weighted by Crippen LogP contribution is 2.32. The normalized spacial score (nSPS) is 25.6. The molecule has 0 atom stereocenters. The summed E-state index contributed by atoms with van der Waals surface area (Å²) >= 11 is 0. The van der Waals surface area contributed by atoms with Crippen LogP contribution in [0.3, 0.4) is 0 Å². The number of rotatable bonds is 5. The van der Waals surface area contributed by atoms with Gasteiger partial charge in [-0.15, -0.1) is 0 Å². The fourth-order valence-electron chi connectivity index (χ4n) is 3.53. The Labute approximate surface area is 105 Å². The van der Waals surface area contributed by atoms with Gasteiger partial charge in [0.25, 0.3) is 0 Å². The third-order valence-electron chi connectivity index (χ3n) is 4.51. The number of hydrogen-bond donors (Lipinski definition) is 2. The van der Waals surface area contributed by atoms with Gasteiger partial charge in [0.15, 0.2) is 0 Å². The molecule has 2 saturated carbocycles. The smallest absolute Gasteiger partial charge is 0.0774 e. The van der Waals surface area contributed by atoms with E-state index in [4.69, 9.17) is 0 Å². The Morgan fingerprint density at radius 1 is 1.00 bits per heavy atom. The summed E-state index contributed by atoms with van der Waals surface area (Å²) in [6, 6.07) is 0.598. The fraction of sp³-hybridized carbons (Fsp3) is 1.00. The lowest BCUT2D eigenvalue weighted by Gasteiger charge is -2.38. The Balaban J connectivity index is 1.90. The van der Waals surface area contributed by atoms with Crippen molar-refractivity contribution in [2.45, 2.75) is 69.4 Å². The summed E-state index contributed by atoms with van der Waals surface area (Å²) in [5.74, 6) is 0. The molecule has 0 aromatic heterocycles. The van der Waals surface area contributed by atoms with E-state index in [0.29, 0.717) is 6.04 Å². The van der Waals surface area contributed by atoms with Crippen LogP contribution in [0.5, 0.6) is 0 Å². The molecule has 100 valence electrons. The quantitative estimate of drug-likeness (QED) is 0.773. The largest absolute Gasteiger partial charge is 0.395 e. The van der Waals surface area contributed by atoms with Gasteiger partial charge in [-0.1, -0.05) is 32.1 Å². The highest BCUT2D eigenvalue weighted by molar-refractivity contribution is 4.89. The van der Waals surface area contributed by atoms with Crippen LogP contribution in [-0.2, 0) is 0 Å². The Hall–Kier alpha value is -0.120. The van der Waals surface area contributed by atoms with E-state index in [1.165, 1.54) is 32.1 Å². The zero-order valence-electron chi connectivity index (χ0n) is 10.9. The van der Waals surface area contributed by atoms with Crippen LogP contribution in [0, 0.1) is 0 Å². The molecule has 0 spiro atoms. The maximum absolute atomic E-state index is 10.5. The average Bonchev–Trinajstić information content (AvgIpc) is 2.77. The van der Waals surface area contributed by atoms with Crippen molar-refractivity contribution in [1.29, 1.82) is 0 Å². The molecule has 3 nitrogen and oxygen atoms in total. The van der Waals surface area contributed by atoms with Crippen molar-refractivity contribution in [1.82, 2.24) is 4.90 Å². The first-order valence-electron chi connectivity index (χ1n) is 7.31. The van der Waals surface area contributed by atoms with E-state index in [0.717, 1.165) is 38.8 Å². The highest BCUT2D eigenvalue weighted by Gasteiger charge is 2.35. The van der Waals surface area contributed by atoms with E-state index >= 15 is 0 Å². The molecule has 17 heavy (non-hydrogen) atoms. The first-order valence-corrected chi connectivity index (χ1v) is 7.31. The molecule has 0 heterocycles. The van der Waals surface area contributed by atoms with Gasteiger partial charge in [-0.2, -0.15) is 0 Å². The summed E-state index contributed by atoms with van der Waals surface area (Å²) in [4.78, 5) is 2.35. The SMILES string of the molecule is OCCN(CC1(O)CCCC1)C1CCCCC1. The molecule has 0 aliphatic heterocycles. The van der Waals surface area contributed by atoms with Gasteiger partial charge in [-0.25, -0.2) is 0 Å². The summed E-state index contributed by atoms with van der Waals surface area (Å²) in [7, 11) is 0. The van der Waals surface area contributed by atoms with Crippen LogP contribution in [0.2, 0.25) is 0 Å². The van der Waals surface area contributed by atoms with Gasteiger partial charge in [-0.3, -0.25) is 4.90 Å². The molecular weight excluding hydrogens is 214 g/mol. The first-order chi connectivity index (χ1) is 8.23. The van der Waals surface area contributed by atoms with Crippen LogP contribution in [0.4, 0.5) is 0 Å². The Bertz CT molecular complexity index is 220. The van der Waals surface area contributed by atoms with Crippen LogP contribution in [-0.4, -0.2) is 46.5 Å². The molecule has 0 radical (unpaired) electrons. The van der Waals surface area contributed by atoms with E-state index in [2.05, 4.69) is 4.90 Å². The van der Waals surface area contributed by atoms with E-state index < -0.39 is 5.60 Å². The summed E-state index contributed by atoms with van der Waals surface area (Å²) in [6.07, 6.45) is 10.7. The van der Waals surface area contributed by atoms with Crippen LogP contribution in [0.15, 0.2) is 0 Å². The lowest BCUT2D eigenvalue weighted by molar-refractivity contribution is -0.0135. The maximum Gasteiger partial charge on any atom is 0.0774 e. The maximum atomic E-state index is 10.5. The van der Waals surface area contributed by atoms with Crippen LogP contribution < -0.4 is 0 Å². The average molecular weight is 241 g/mol. The fourth-order valence-corrected chi connectivity index (χ4v) is 3.53. The van der Waals surface area contributed by atoms with Crippen molar-refractivity contribution < 1.29 is 10.2 Å². The zero-order chi connectivity index (χ0) is 12.1. The molecule has 0 aromatic carbocycles. The molecule has 2 aliphatic rings. The second kappa shape index (κ2) is 6.17. The second-order valence-corrected chi connectivity index (χ2v) is 5.92. The second-order valence-electron chi connectivity index (χ2n) is 5.92. The molecule has 2 fully saturated rings. The topological polar surface area (TPSA) is 43.7 Å². The van der Waals surface area contributed by atoms with Crippen molar-refractivity contribution in [3.63, 3.8) is 0 Å². The van der Waals surface area contributed by atoms with Gasteiger partial charge >= 0.3 is 0 Å². The molecule has 0 saturated heterocycles. The minimum atomic E-state index is -0.466. The Morgan fingerprint density at radius 3 is 2.24 bits per heavy atom. The minimum Gasteiger partial charge on any atom is -0.395 e. The monoisotopic (exact) mass is 241 g/mol. The molecule has 2 aliphatic carbocycles. The summed E-state index contributed by atoms with van der Waals surface area (Å²) in [6.45, 7) is 1.72. The van der Waals surface area contributed by atoms with Gasteiger partial charge in [0.1, 0.15) is 0 Å². The van der Waals surface area contributed by atoms with Crippen molar-refractivity contribution in [3.05, 3.63) is 0 Å². The van der Waals surface area contributed by atoms with Crippen molar-refractivity contribution in [2.24, 2.45) is 0 Å².